The summed E-state index contributed by atoms with van der Waals surface area (Å²) >= 11 is 1.75. The summed E-state index contributed by atoms with van der Waals surface area (Å²) in [6, 6.07) is 0. The lowest BCUT2D eigenvalue weighted by molar-refractivity contribution is -0.121. The second-order valence-electron chi connectivity index (χ2n) is 3.63. The number of rotatable bonds is 6. The summed E-state index contributed by atoms with van der Waals surface area (Å²) in [5.41, 5.74) is 5.30. The summed E-state index contributed by atoms with van der Waals surface area (Å²) in [5, 5.41) is 2.89. The average Bonchev–Trinajstić information content (AvgIpc) is 2.11. The molecule has 3 N–H and O–H groups in total. The van der Waals surface area contributed by atoms with Gasteiger partial charge in [-0.25, -0.2) is 0 Å². The van der Waals surface area contributed by atoms with Crippen molar-refractivity contribution in [2.24, 2.45) is 5.73 Å². The summed E-state index contributed by atoms with van der Waals surface area (Å²) in [5.74, 6) is 0.104. The van der Waals surface area contributed by atoms with E-state index >= 15 is 0 Å². The van der Waals surface area contributed by atoms with E-state index in [9.17, 15) is 4.79 Å². The van der Waals surface area contributed by atoms with Gasteiger partial charge in [0.25, 0.3) is 0 Å². The number of nitrogens with one attached hydrogen (secondary N) is 1. The first-order chi connectivity index (χ1) is 6.02. The second-order valence-corrected chi connectivity index (χ2v) is 5.15. The Hall–Kier alpha value is 0.0700. The van der Waals surface area contributed by atoms with Crippen LogP contribution in [0, 0.1) is 0 Å². The van der Waals surface area contributed by atoms with E-state index in [2.05, 4.69) is 19.2 Å². The Morgan fingerprint density at radius 3 is 2.50 bits per heavy atom. The molecule has 1 amide bonds. The van der Waals surface area contributed by atoms with Gasteiger partial charge in [0.2, 0.25) is 5.91 Å². The lowest BCUT2D eigenvalue weighted by Gasteiger charge is -2.22. The molecule has 0 heterocycles. The number of nitrogens with two attached hydrogens (primary N) is 1. The van der Waals surface area contributed by atoms with Gasteiger partial charge >= 0.3 is 0 Å². The van der Waals surface area contributed by atoms with Crippen LogP contribution in [0.4, 0.5) is 0 Å². The maximum atomic E-state index is 11.2. The maximum Gasteiger partial charge on any atom is 0.220 e. The fraction of sp³-hybridized carbons (Fsp3) is 0.889. The minimum absolute atomic E-state index is 0. The third kappa shape index (κ3) is 8.66. The van der Waals surface area contributed by atoms with Crippen LogP contribution in [0.25, 0.3) is 0 Å². The lowest BCUT2D eigenvalue weighted by Crippen LogP contribution is -2.36. The zero-order valence-electron chi connectivity index (χ0n) is 9.13. The van der Waals surface area contributed by atoms with Gasteiger partial charge in [-0.2, -0.15) is 11.8 Å². The molecular formula is C9H21ClN2OS. The number of halogens is 1. The van der Waals surface area contributed by atoms with Gasteiger partial charge in [-0.05, 0) is 33.1 Å². The van der Waals surface area contributed by atoms with Crippen molar-refractivity contribution in [3.05, 3.63) is 0 Å². The molecule has 0 aromatic rings. The summed E-state index contributed by atoms with van der Waals surface area (Å²) in [6.45, 7) is 5.53. The third-order valence-electron chi connectivity index (χ3n) is 1.87. The first-order valence-corrected chi connectivity index (χ1v) is 5.76. The van der Waals surface area contributed by atoms with Crippen molar-refractivity contribution in [1.29, 1.82) is 0 Å². The summed E-state index contributed by atoms with van der Waals surface area (Å²) < 4.78 is 0.123. The van der Waals surface area contributed by atoms with Crippen molar-refractivity contribution in [1.82, 2.24) is 5.32 Å². The van der Waals surface area contributed by atoms with Crippen LogP contribution >= 0.6 is 24.2 Å². The van der Waals surface area contributed by atoms with Crippen LogP contribution in [0.3, 0.4) is 0 Å². The van der Waals surface area contributed by atoms with Crippen molar-refractivity contribution in [2.45, 2.75) is 31.4 Å². The first kappa shape index (κ1) is 16.5. The van der Waals surface area contributed by atoms with E-state index in [-0.39, 0.29) is 23.1 Å². The molecule has 0 bridgehead atoms. The van der Waals surface area contributed by atoms with Crippen molar-refractivity contribution >= 4 is 30.1 Å². The molecule has 0 aliphatic heterocycles. The predicted octanol–water partition coefficient (Wildman–Crippen LogP) is 1.40. The summed E-state index contributed by atoms with van der Waals surface area (Å²) in [6.07, 6.45) is 3.36. The number of hydrogen-bond donors (Lipinski definition) is 2. The van der Waals surface area contributed by atoms with Crippen molar-refractivity contribution in [3.63, 3.8) is 0 Å². The third-order valence-corrected chi connectivity index (χ3v) is 3.12. The molecule has 0 rings (SSSR count). The van der Waals surface area contributed by atoms with Crippen LogP contribution in [0.2, 0.25) is 0 Å². The summed E-state index contributed by atoms with van der Waals surface area (Å²) in [7, 11) is 0. The molecule has 0 saturated heterocycles. The molecule has 0 saturated carbocycles. The molecule has 0 spiro atoms. The van der Waals surface area contributed by atoms with E-state index in [4.69, 9.17) is 5.73 Å². The van der Waals surface area contributed by atoms with Crippen LogP contribution in [-0.2, 0) is 4.79 Å². The van der Waals surface area contributed by atoms with Crippen LogP contribution in [-0.4, -0.2) is 30.0 Å². The topological polar surface area (TPSA) is 55.1 Å². The number of thioether (sulfide) groups is 1. The van der Waals surface area contributed by atoms with Gasteiger partial charge < -0.3 is 11.1 Å². The number of carbonyl (C=O) groups excluding carboxylic acids is 1. The molecule has 0 aliphatic rings. The standard InChI is InChI=1S/C9H20N2OS.ClH/c1-9(2,13-3)7-11-8(12)5-4-6-10;/h4-7,10H2,1-3H3,(H,11,12);1H. The zero-order chi connectivity index (χ0) is 10.3. The Labute approximate surface area is 97.0 Å². The SMILES string of the molecule is CSC(C)(C)CNC(=O)CCCN.Cl. The Kier molecular flexibility index (Phi) is 9.88. The van der Waals surface area contributed by atoms with E-state index in [1.54, 1.807) is 11.8 Å². The van der Waals surface area contributed by atoms with E-state index < -0.39 is 0 Å². The molecule has 0 atom stereocenters. The Morgan fingerprint density at radius 1 is 1.50 bits per heavy atom. The van der Waals surface area contributed by atoms with Crippen molar-refractivity contribution in [3.8, 4) is 0 Å². The smallest absolute Gasteiger partial charge is 0.220 e. The molecule has 0 radical (unpaired) electrons. The normalized spacial score (nSPS) is 10.6. The Bertz CT molecular complexity index is 165. The van der Waals surface area contributed by atoms with Gasteiger partial charge in [0.15, 0.2) is 0 Å². The molecule has 14 heavy (non-hydrogen) atoms. The minimum atomic E-state index is 0. The highest BCUT2D eigenvalue weighted by atomic mass is 35.5. The maximum absolute atomic E-state index is 11.2. The molecule has 0 aromatic carbocycles. The van der Waals surface area contributed by atoms with Gasteiger partial charge in [-0.1, -0.05) is 0 Å². The molecule has 0 aromatic heterocycles. The fourth-order valence-electron chi connectivity index (χ4n) is 0.735. The number of amides is 1. The molecule has 86 valence electrons. The first-order valence-electron chi connectivity index (χ1n) is 4.54. The lowest BCUT2D eigenvalue weighted by atomic mass is 10.2. The van der Waals surface area contributed by atoms with Crippen LogP contribution < -0.4 is 11.1 Å². The molecule has 0 aliphatic carbocycles. The second kappa shape index (κ2) is 8.38. The van der Waals surface area contributed by atoms with Crippen LogP contribution in [0.15, 0.2) is 0 Å². The highest BCUT2D eigenvalue weighted by molar-refractivity contribution is 7.99. The van der Waals surface area contributed by atoms with Crippen LogP contribution in [0.5, 0.6) is 0 Å². The molecule has 0 fully saturated rings. The van der Waals surface area contributed by atoms with Gasteiger partial charge in [0, 0.05) is 17.7 Å². The average molecular weight is 241 g/mol. The fourth-order valence-corrected chi connectivity index (χ4v) is 0.951. The van der Waals surface area contributed by atoms with E-state index in [1.807, 2.05) is 6.26 Å². The van der Waals surface area contributed by atoms with Crippen molar-refractivity contribution < 1.29 is 4.79 Å². The number of hydrogen-bond acceptors (Lipinski definition) is 3. The zero-order valence-corrected chi connectivity index (χ0v) is 10.8. The molecular weight excluding hydrogens is 220 g/mol. The largest absolute Gasteiger partial charge is 0.355 e. The van der Waals surface area contributed by atoms with Gasteiger partial charge in [0.1, 0.15) is 0 Å². The minimum Gasteiger partial charge on any atom is -0.355 e. The Morgan fingerprint density at radius 2 is 2.07 bits per heavy atom. The van der Waals surface area contributed by atoms with Gasteiger partial charge in [-0.15, -0.1) is 12.4 Å². The van der Waals surface area contributed by atoms with Gasteiger partial charge in [-0.3, -0.25) is 4.79 Å². The molecule has 0 unspecified atom stereocenters. The number of carbonyl (C=O) groups is 1. The highest BCUT2D eigenvalue weighted by Crippen LogP contribution is 2.19. The summed E-state index contributed by atoms with van der Waals surface area (Å²) in [4.78, 5) is 11.2. The van der Waals surface area contributed by atoms with Crippen LogP contribution in [0.1, 0.15) is 26.7 Å². The van der Waals surface area contributed by atoms with E-state index in [0.717, 1.165) is 13.0 Å². The molecule has 3 nitrogen and oxygen atoms in total. The highest BCUT2D eigenvalue weighted by Gasteiger charge is 2.16. The quantitative estimate of drug-likeness (QED) is 0.738. The predicted molar refractivity (Wildman–Crippen MR) is 66.1 cm³/mol. The Balaban J connectivity index is 0. The molecule has 5 heteroatoms. The van der Waals surface area contributed by atoms with Crippen molar-refractivity contribution in [2.75, 3.05) is 19.3 Å². The van der Waals surface area contributed by atoms with E-state index in [1.165, 1.54) is 0 Å². The van der Waals surface area contributed by atoms with Gasteiger partial charge in [0.05, 0.1) is 0 Å². The monoisotopic (exact) mass is 240 g/mol. The van der Waals surface area contributed by atoms with E-state index in [0.29, 0.717) is 13.0 Å².